The fraction of sp³-hybridized carbons (Fsp3) is 0.381. The Balaban J connectivity index is 1.92. The van der Waals surface area contributed by atoms with Crippen LogP contribution >= 0.6 is 0 Å². The molecule has 0 atom stereocenters. The largest absolute Gasteiger partial charge is 0.371 e. The lowest BCUT2D eigenvalue weighted by atomic mass is 9.88. The minimum absolute atomic E-state index is 0.268. The number of hydrogen-bond acceptors (Lipinski definition) is 3. The molecule has 2 aromatic rings. The van der Waals surface area contributed by atoms with E-state index in [9.17, 15) is 8.42 Å². The molecular weight excluding hydrogens is 358 g/mol. The summed E-state index contributed by atoms with van der Waals surface area (Å²) in [5, 5.41) is 0. The number of aromatic nitrogens is 1. The number of benzene rings is 1. The monoisotopic (exact) mass is 384 g/mol. The molecule has 0 amide bonds. The summed E-state index contributed by atoms with van der Waals surface area (Å²) in [6.07, 6.45) is 9.08. The molecule has 0 bridgehead atoms. The van der Waals surface area contributed by atoms with Crippen LogP contribution in [0.15, 0.2) is 48.3 Å². The summed E-state index contributed by atoms with van der Waals surface area (Å²) in [4.78, 5) is 2.70. The van der Waals surface area contributed by atoms with E-state index in [2.05, 4.69) is 17.5 Å². The molecular formula is C21H26N3O2S+. The Hall–Kier alpha value is -2.34. The third kappa shape index (κ3) is 2.92. The van der Waals surface area contributed by atoms with Gasteiger partial charge in [0.25, 0.3) is 10.0 Å². The summed E-state index contributed by atoms with van der Waals surface area (Å²) < 4.78 is 30.0. The average molecular weight is 385 g/mol. The van der Waals surface area contributed by atoms with Crippen LogP contribution in [-0.2, 0) is 29.9 Å². The van der Waals surface area contributed by atoms with Crippen LogP contribution in [0, 0.1) is 6.92 Å². The van der Waals surface area contributed by atoms with Crippen LogP contribution in [0.2, 0.25) is 0 Å². The number of pyridine rings is 1. The molecule has 0 unspecified atom stereocenters. The normalized spacial score (nSPS) is 16.0. The van der Waals surface area contributed by atoms with Crippen LogP contribution in [0.4, 0.5) is 11.4 Å². The van der Waals surface area contributed by atoms with E-state index in [0.29, 0.717) is 0 Å². The van der Waals surface area contributed by atoms with Gasteiger partial charge in [0, 0.05) is 36.6 Å². The molecule has 1 aromatic heterocycles. The lowest BCUT2D eigenvalue weighted by molar-refractivity contribution is -0.673. The molecule has 1 aromatic carbocycles. The zero-order valence-electron chi connectivity index (χ0n) is 16.0. The molecule has 4 rings (SSSR count). The van der Waals surface area contributed by atoms with Crippen LogP contribution in [0.3, 0.4) is 0 Å². The fourth-order valence-electron chi connectivity index (χ4n) is 4.45. The minimum atomic E-state index is -3.73. The predicted molar refractivity (Wildman–Crippen MR) is 108 cm³/mol. The Kier molecular flexibility index (Phi) is 4.46. The van der Waals surface area contributed by atoms with Gasteiger partial charge in [0.15, 0.2) is 17.3 Å². The lowest BCUT2D eigenvalue weighted by Gasteiger charge is -2.39. The molecule has 0 N–H and O–H groups in total. The van der Waals surface area contributed by atoms with Crippen molar-refractivity contribution in [2.24, 2.45) is 7.05 Å². The van der Waals surface area contributed by atoms with Crippen molar-refractivity contribution in [3.63, 3.8) is 0 Å². The first-order valence-corrected chi connectivity index (χ1v) is 10.9. The Morgan fingerprint density at radius 2 is 2.00 bits per heavy atom. The molecule has 0 spiro atoms. The second-order valence-electron chi connectivity index (χ2n) is 7.41. The van der Waals surface area contributed by atoms with E-state index < -0.39 is 10.0 Å². The van der Waals surface area contributed by atoms with Crippen LogP contribution in [0.1, 0.15) is 29.5 Å². The molecule has 0 radical (unpaired) electrons. The molecule has 2 aliphatic rings. The number of nitrogens with zero attached hydrogens (tertiary/aromatic N) is 3. The molecule has 5 nitrogen and oxygen atoms in total. The standard InChI is InChI=1S/C21H26N3O2S/c1-4-24(27(25,26)18-9-6-11-22(3)15-18)20-16(2)14-17-8-5-12-23-13-7-10-19(20)21(17)23/h4,6,9,11,14-15H,1,5,7-8,10,12-13H2,2-3H3/q+1. The van der Waals surface area contributed by atoms with Crippen molar-refractivity contribution in [2.75, 3.05) is 22.3 Å². The van der Waals surface area contributed by atoms with Crippen molar-refractivity contribution in [2.45, 2.75) is 37.5 Å². The number of anilines is 2. The van der Waals surface area contributed by atoms with Gasteiger partial charge in [-0.1, -0.05) is 12.6 Å². The van der Waals surface area contributed by atoms with Crippen molar-refractivity contribution in [1.29, 1.82) is 0 Å². The molecule has 6 heteroatoms. The van der Waals surface area contributed by atoms with E-state index in [-0.39, 0.29) is 4.90 Å². The van der Waals surface area contributed by atoms with Gasteiger partial charge >= 0.3 is 0 Å². The van der Waals surface area contributed by atoms with E-state index in [1.807, 2.05) is 20.2 Å². The van der Waals surface area contributed by atoms with E-state index in [4.69, 9.17) is 0 Å². The van der Waals surface area contributed by atoms with Gasteiger partial charge in [-0.25, -0.2) is 17.3 Å². The highest BCUT2D eigenvalue weighted by Gasteiger charge is 2.33. The van der Waals surface area contributed by atoms with Gasteiger partial charge in [0.2, 0.25) is 0 Å². The van der Waals surface area contributed by atoms with Crippen molar-refractivity contribution in [3.05, 3.63) is 60.1 Å². The van der Waals surface area contributed by atoms with Crippen LogP contribution in [-0.4, -0.2) is 21.5 Å². The fourth-order valence-corrected chi connectivity index (χ4v) is 5.92. The zero-order chi connectivity index (χ0) is 19.2. The molecule has 0 fully saturated rings. The molecule has 0 saturated carbocycles. The highest BCUT2D eigenvalue weighted by atomic mass is 32.2. The number of hydrogen-bond donors (Lipinski definition) is 0. The summed E-state index contributed by atoms with van der Waals surface area (Å²) in [7, 11) is -1.90. The van der Waals surface area contributed by atoms with E-state index in [0.717, 1.165) is 55.6 Å². The van der Waals surface area contributed by atoms with Gasteiger partial charge in [-0.05, 0) is 49.8 Å². The van der Waals surface area contributed by atoms with Gasteiger partial charge in [-0.3, -0.25) is 0 Å². The lowest BCUT2D eigenvalue weighted by Crippen LogP contribution is -2.37. The van der Waals surface area contributed by atoms with Gasteiger partial charge in [0.1, 0.15) is 7.05 Å². The summed E-state index contributed by atoms with van der Waals surface area (Å²) in [5.74, 6) is 0. The highest BCUT2D eigenvalue weighted by molar-refractivity contribution is 7.93. The Bertz CT molecular complexity index is 1010. The number of rotatable bonds is 4. The van der Waals surface area contributed by atoms with Gasteiger partial charge in [0.05, 0.1) is 5.69 Å². The summed E-state index contributed by atoms with van der Waals surface area (Å²) in [6, 6.07) is 5.56. The Morgan fingerprint density at radius 3 is 2.70 bits per heavy atom. The SMILES string of the molecule is C=CN(c1c(C)cc2c3c1CCCN3CCC2)S(=O)(=O)c1ccc[n+](C)c1. The first-order valence-electron chi connectivity index (χ1n) is 9.46. The van der Waals surface area contributed by atoms with Crippen LogP contribution in [0.5, 0.6) is 0 Å². The quantitative estimate of drug-likeness (QED) is 0.762. The molecule has 142 valence electrons. The van der Waals surface area contributed by atoms with Gasteiger partial charge in [-0.2, -0.15) is 0 Å². The first kappa shape index (κ1) is 18.0. The maximum Gasteiger partial charge on any atom is 0.274 e. The van der Waals surface area contributed by atoms with E-state index in [1.54, 1.807) is 22.9 Å². The van der Waals surface area contributed by atoms with E-state index >= 15 is 0 Å². The van der Waals surface area contributed by atoms with Gasteiger partial charge < -0.3 is 4.90 Å². The third-order valence-electron chi connectivity index (χ3n) is 5.54. The van der Waals surface area contributed by atoms with Crippen molar-refractivity contribution < 1.29 is 13.0 Å². The average Bonchev–Trinajstić information content (AvgIpc) is 2.65. The minimum Gasteiger partial charge on any atom is -0.371 e. The second-order valence-corrected chi connectivity index (χ2v) is 9.23. The summed E-state index contributed by atoms with van der Waals surface area (Å²) in [6.45, 7) is 7.96. The van der Waals surface area contributed by atoms with E-state index in [1.165, 1.54) is 21.8 Å². The molecule has 27 heavy (non-hydrogen) atoms. The second kappa shape index (κ2) is 6.68. The summed E-state index contributed by atoms with van der Waals surface area (Å²) >= 11 is 0. The molecule has 2 aliphatic heterocycles. The molecule has 0 aliphatic carbocycles. The summed E-state index contributed by atoms with van der Waals surface area (Å²) in [5.41, 5.74) is 5.54. The van der Waals surface area contributed by atoms with Crippen molar-refractivity contribution in [3.8, 4) is 0 Å². The smallest absolute Gasteiger partial charge is 0.274 e. The van der Waals surface area contributed by atoms with Gasteiger partial charge in [-0.15, -0.1) is 0 Å². The number of sulfonamides is 1. The van der Waals surface area contributed by atoms with Crippen LogP contribution in [0.25, 0.3) is 0 Å². The predicted octanol–water partition coefficient (Wildman–Crippen LogP) is 2.86. The topological polar surface area (TPSA) is 44.5 Å². The van der Waals surface area contributed by atoms with Crippen molar-refractivity contribution in [1.82, 2.24) is 0 Å². The van der Waals surface area contributed by atoms with Crippen LogP contribution < -0.4 is 13.8 Å². The third-order valence-corrected chi connectivity index (χ3v) is 7.23. The maximum absolute atomic E-state index is 13.4. The van der Waals surface area contributed by atoms with Crippen molar-refractivity contribution >= 4 is 21.4 Å². The molecule has 3 heterocycles. The first-order chi connectivity index (χ1) is 12.9. The molecule has 0 saturated heterocycles. The number of aryl methyl sites for hydroxylation is 3. The Labute approximate surface area is 161 Å². The zero-order valence-corrected chi connectivity index (χ0v) is 16.8. The maximum atomic E-state index is 13.4. The Morgan fingerprint density at radius 1 is 1.26 bits per heavy atom. The highest BCUT2D eigenvalue weighted by Crippen LogP contribution is 2.43.